The van der Waals surface area contributed by atoms with Crippen molar-refractivity contribution in [2.45, 2.75) is 32.4 Å². The SMILES string of the molecule is CCCN(CCS(=O)(=O)C(C)C)c1ccc(N)cc1. The van der Waals surface area contributed by atoms with Gasteiger partial charge in [0, 0.05) is 24.5 Å². The molecule has 0 saturated heterocycles. The van der Waals surface area contributed by atoms with Gasteiger partial charge in [-0.05, 0) is 44.5 Å². The van der Waals surface area contributed by atoms with Crippen molar-refractivity contribution in [3.63, 3.8) is 0 Å². The average molecular weight is 284 g/mol. The molecule has 19 heavy (non-hydrogen) atoms. The first-order chi connectivity index (χ1) is 8.86. The zero-order valence-electron chi connectivity index (χ0n) is 12.0. The van der Waals surface area contributed by atoms with Gasteiger partial charge in [0.25, 0.3) is 0 Å². The van der Waals surface area contributed by atoms with Gasteiger partial charge in [-0.3, -0.25) is 0 Å². The van der Waals surface area contributed by atoms with E-state index in [0.29, 0.717) is 6.54 Å². The van der Waals surface area contributed by atoms with Crippen LogP contribution in [0.25, 0.3) is 0 Å². The monoisotopic (exact) mass is 284 g/mol. The van der Waals surface area contributed by atoms with Crippen LogP contribution in [0.15, 0.2) is 24.3 Å². The first-order valence-corrected chi connectivity index (χ1v) is 8.40. The Bertz CT molecular complexity index is 481. The molecule has 0 aliphatic rings. The van der Waals surface area contributed by atoms with Crippen LogP contribution in [0, 0.1) is 0 Å². The molecule has 5 heteroatoms. The van der Waals surface area contributed by atoms with E-state index < -0.39 is 9.84 Å². The second-order valence-corrected chi connectivity index (χ2v) is 7.67. The predicted octanol–water partition coefficient (Wildman–Crippen LogP) is 2.31. The molecule has 4 nitrogen and oxygen atoms in total. The lowest BCUT2D eigenvalue weighted by atomic mass is 10.2. The molecule has 0 aliphatic heterocycles. The molecule has 0 saturated carbocycles. The third-order valence-corrected chi connectivity index (χ3v) is 5.30. The summed E-state index contributed by atoms with van der Waals surface area (Å²) in [4.78, 5) is 2.10. The highest BCUT2D eigenvalue weighted by atomic mass is 32.2. The van der Waals surface area contributed by atoms with E-state index in [2.05, 4.69) is 11.8 Å². The van der Waals surface area contributed by atoms with Gasteiger partial charge in [-0.1, -0.05) is 6.92 Å². The number of benzene rings is 1. The Balaban J connectivity index is 2.76. The van der Waals surface area contributed by atoms with E-state index in [1.165, 1.54) is 0 Å². The minimum absolute atomic E-state index is 0.190. The second kappa shape index (κ2) is 6.80. The van der Waals surface area contributed by atoms with Crippen LogP contribution in [0.1, 0.15) is 27.2 Å². The van der Waals surface area contributed by atoms with Gasteiger partial charge in [-0.2, -0.15) is 0 Å². The summed E-state index contributed by atoms with van der Waals surface area (Å²) in [7, 11) is -2.99. The van der Waals surface area contributed by atoms with Crippen LogP contribution in [0.5, 0.6) is 0 Å². The fourth-order valence-corrected chi connectivity index (χ4v) is 2.74. The zero-order valence-corrected chi connectivity index (χ0v) is 12.8. The van der Waals surface area contributed by atoms with Crippen molar-refractivity contribution in [1.29, 1.82) is 0 Å². The number of hydrogen-bond acceptors (Lipinski definition) is 4. The van der Waals surface area contributed by atoms with Crippen LogP contribution >= 0.6 is 0 Å². The molecule has 108 valence electrons. The number of sulfone groups is 1. The molecule has 0 amide bonds. The lowest BCUT2D eigenvalue weighted by Gasteiger charge is -2.24. The van der Waals surface area contributed by atoms with Crippen molar-refractivity contribution in [2.75, 3.05) is 29.5 Å². The van der Waals surface area contributed by atoms with Gasteiger partial charge in [0.15, 0.2) is 9.84 Å². The normalized spacial score (nSPS) is 11.8. The molecular formula is C14H24N2O2S. The Morgan fingerprint density at radius 3 is 2.21 bits per heavy atom. The van der Waals surface area contributed by atoms with Crippen molar-refractivity contribution in [3.8, 4) is 0 Å². The summed E-state index contributed by atoms with van der Waals surface area (Å²) in [6.07, 6.45) is 0.978. The summed E-state index contributed by atoms with van der Waals surface area (Å²) >= 11 is 0. The maximum Gasteiger partial charge on any atom is 0.154 e. The first-order valence-electron chi connectivity index (χ1n) is 6.69. The third-order valence-electron chi connectivity index (χ3n) is 3.12. The van der Waals surface area contributed by atoms with Crippen molar-refractivity contribution in [2.24, 2.45) is 0 Å². The predicted molar refractivity (Wildman–Crippen MR) is 82.3 cm³/mol. The van der Waals surface area contributed by atoms with Crippen LogP contribution in [0.3, 0.4) is 0 Å². The summed E-state index contributed by atoms with van der Waals surface area (Å²) in [5.74, 6) is 0.190. The number of hydrogen-bond donors (Lipinski definition) is 1. The van der Waals surface area contributed by atoms with Crippen molar-refractivity contribution >= 4 is 21.2 Å². The highest BCUT2D eigenvalue weighted by Gasteiger charge is 2.17. The van der Waals surface area contributed by atoms with Crippen molar-refractivity contribution < 1.29 is 8.42 Å². The molecule has 0 spiro atoms. The molecule has 0 fully saturated rings. The van der Waals surface area contributed by atoms with Crippen LogP contribution in [0.2, 0.25) is 0 Å². The number of nitrogens with two attached hydrogens (primary N) is 1. The van der Waals surface area contributed by atoms with E-state index in [0.717, 1.165) is 24.3 Å². The Labute approximate surface area is 116 Å². The number of anilines is 2. The Kier molecular flexibility index (Phi) is 5.66. The second-order valence-electron chi connectivity index (χ2n) is 4.99. The number of rotatable bonds is 7. The largest absolute Gasteiger partial charge is 0.399 e. The highest BCUT2D eigenvalue weighted by Crippen LogP contribution is 2.17. The fourth-order valence-electron chi connectivity index (χ4n) is 1.80. The molecule has 0 atom stereocenters. The van der Waals surface area contributed by atoms with Gasteiger partial charge in [0.05, 0.1) is 11.0 Å². The summed E-state index contributed by atoms with van der Waals surface area (Å²) < 4.78 is 23.8. The minimum Gasteiger partial charge on any atom is -0.399 e. The van der Waals surface area contributed by atoms with Gasteiger partial charge in [-0.15, -0.1) is 0 Å². The molecule has 0 aliphatic carbocycles. The van der Waals surface area contributed by atoms with E-state index in [4.69, 9.17) is 5.73 Å². The van der Waals surface area contributed by atoms with Gasteiger partial charge in [0.1, 0.15) is 0 Å². The van der Waals surface area contributed by atoms with Crippen molar-refractivity contribution in [3.05, 3.63) is 24.3 Å². The molecule has 0 unspecified atom stereocenters. The van der Waals surface area contributed by atoms with Gasteiger partial charge in [0.2, 0.25) is 0 Å². The van der Waals surface area contributed by atoms with E-state index >= 15 is 0 Å². The molecule has 0 aromatic heterocycles. The Hall–Kier alpha value is -1.23. The molecule has 0 bridgehead atoms. The average Bonchev–Trinajstić information content (AvgIpc) is 2.35. The smallest absolute Gasteiger partial charge is 0.154 e. The van der Waals surface area contributed by atoms with E-state index in [-0.39, 0.29) is 11.0 Å². The Morgan fingerprint density at radius 2 is 1.74 bits per heavy atom. The summed E-state index contributed by atoms with van der Waals surface area (Å²) in [5, 5.41) is -0.317. The van der Waals surface area contributed by atoms with Crippen LogP contribution in [-0.2, 0) is 9.84 Å². The maximum absolute atomic E-state index is 11.9. The first kappa shape index (κ1) is 15.8. The lowest BCUT2D eigenvalue weighted by Crippen LogP contribution is -2.32. The molecule has 0 heterocycles. The molecule has 1 aromatic carbocycles. The topological polar surface area (TPSA) is 63.4 Å². The van der Waals surface area contributed by atoms with E-state index in [1.807, 2.05) is 24.3 Å². The third kappa shape index (κ3) is 4.74. The zero-order chi connectivity index (χ0) is 14.5. The highest BCUT2D eigenvalue weighted by molar-refractivity contribution is 7.92. The van der Waals surface area contributed by atoms with Crippen LogP contribution < -0.4 is 10.6 Å². The van der Waals surface area contributed by atoms with Gasteiger partial charge < -0.3 is 10.6 Å². The van der Waals surface area contributed by atoms with E-state index in [9.17, 15) is 8.42 Å². The van der Waals surface area contributed by atoms with Gasteiger partial charge >= 0.3 is 0 Å². The molecular weight excluding hydrogens is 260 g/mol. The number of nitrogen functional groups attached to an aromatic ring is 1. The molecule has 1 rings (SSSR count). The molecule has 2 N–H and O–H groups in total. The van der Waals surface area contributed by atoms with Crippen molar-refractivity contribution in [1.82, 2.24) is 0 Å². The summed E-state index contributed by atoms with van der Waals surface area (Å²) in [5.41, 5.74) is 7.41. The lowest BCUT2D eigenvalue weighted by molar-refractivity contribution is 0.585. The van der Waals surface area contributed by atoms with Crippen LogP contribution in [-0.4, -0.2) is 32.5 Å². The maximum atomic E-state index is 11.9. The molecule has 1 aromatic rings. The minimum atomic E-state index is -2.99. The summed E-state index contributed by atoms with van der Waals surface area (Å²) in [6.45, 7) is 6.91. The summed E-state index contributed by atoms with van der Waals surface area (Å²) in [6, 6.07) is 7.56. The Morgan fingerprint density at radius 1 is 1.16 bits per heavy atom. The fraction of sp³-hybridized carbons (Fsp3) is 0.571. The number of nitrogens with zero attached hydrogens (tertiary/aromatic N) is 1. The van der Waals surface area contributed by atoms with Gasteiger partial charge in [-0.25, -0.2) is 8.42 Å². The van der Waals surface area contributed by atoms with E-state index in [1.54, 1.807) is 13.8 Å². The standard InChI is InChI=1S/C14H24N2O2S/c1-4-9-16(10-11-19(17,18)12(2)3)14-7-5-13(15)6-8-14/h5-8,12H,4,9-11,15H2,1-3H3. The quantitative estimate of drug-likeness (QED) is 0.780. The van der Waals surface area contributed by atoms with Crippen LogP contribution in [0.4, 0.5) is 11.4 Å². The molecule has 0 radical (unpaired) electrons.